The molecule has 0 saturated carbocycles. The molecule has 102 valence electrons. The van der Waals surface area contributed by atoms with E-state index in [0.29, 0.717) is 11.4 Å². The molecular formula is C12H20N2O2S2. The summed E-state index contributed by atoms with van der Waals surface area (Å²) < 4.78 is 25.2. The van der Waals surface area contributed by atoms with Crippen molar-refractivity contribution in [3.8, 4) is 0 Å². The lowest BCUT2D eigenvalue weighted by atomic mass is 10.2. The minimum Gasteiger partial charge on any atom is -0.330 e. The first-order valence-corrected chi connectivity index (χ1v) is 8.37. The number of hydrogen-bond acceptors (Lipinski definition) is 4. The fourth-order valence-corrected chi connectivity index (χ4v) is 3.28. The molecule has 0 aliphatic carbocycles. The van der Waals surface area contributed by atoms with Crippen molar-refractivity contribution in [3.05, 3.63) is 29.8 Å². The maximum absolute atomic E-state index is 12.0. The Bertz CT molecular complexity index is 473. The van der Waals surface area contributed by atoms with E-state index in [1.807, 2.05) is 6.07 Å². The Morgan fingerprint density at radius 2 is 2.06 bits per heavy atom. The van der Waals surface area contributed by atoms with Crippen molar-refractivity contribution in [2.24, 2.45) is 5.73 Å². The van der Waals surface area contributed by atoms with Crippen LogP contribution in [-0.4, -0.2) is 39.1 Å². The molecule has 2 N–H and O–H groups in total. The third-order valence-electron chi connectivity index (χ3n) is 2.44. The summed E-state index contributed by atoms with van der Waals surface area (Å²) in [6, 6.07) is 7.10. The van der Waals surface area contributed by atoms with Crippen LogP contribution >= 0.6 is 11.8 Å². The van der Waals surface area contributed by atoms with Gasteiger partial charge in [0.2, 0.25) is 10.0 Å². The number of rotatable bonds is 7. The quantitative estimate of drug-likeness (QED) is 0.773. The zero-order valence-electron chi connectivity index (χ0n) is 10.8. The van der Waals surface area contributed by atoms with Gasteiger partial charge in [-0.15, -0.1) is 0 Å². The number of nitrogens with two attached hydrogens (primary N) is 1. The molecule has 0 heterocycles. The van der Waals surface area contributed by atoms with Crippen LogP contribution in [0.25, 0.3) is 0 Å². The van der Waals surface area contributed by atoms with Crippen LogP contribution in [0.3, 0.4) is 0 Å². The van der Waals surface area contributed by atoms with Crippen molar-refractivity contribution in [1.29, 1.82) is 0 Å². The molecular weight excluding hydrogens is 268 g/mol. The van der Waals surface area contributed by atoms with Gasteiger partial charge < -0.3 is 5.73 Å². The SMILES string of the molecule is CN(C)S(=O)(=O)c1cccc(CSCCCN)c1. The first-order chi connectivity index (χ1) is 8.48. The highest BCUT2D eigenvalue weighted by Gasteiger charge is 2.16. The van der Waals surface area contributed by atoms with E-state index in [4.69, 9.17) is 5.73 Å². The summed E-state index contributed by atoms with van der Waals surface area (Å²) in [5.74, 6) is 1.82. The number of benzene rings is 1. The molecule has 4 nitrogen and oxygen atoms in total. The fraction of sp³-hybridized carbons (Fsp3) is 0.500. The van der Waals surface area contributed by atoms with E-state index in [1.54, 1.807) is 30.0 Å². The minimum absolute atomic E-state index is 0.351. The van der Waals surface area contributed by atoms with Crippen molar-refractivity contribution < 1.29 is 8.42 Å². The van der Waals surface area contributed by atoms with Crippen LogP contribution in [0.15, 0.2) is 29.2 Å². The maximum Gasteiger partial charge on any atom is 0.242 e. The van der Waals surface area contributed by atoms with E-state index in [2.05, 4.69) is 0 Å². The van der Waals surface area contributed by atoms with E-state index in [0.717, 1.165) is 23.5 Å². The lowest BCUT2D eigenvalue weighted by molar-refractivity contribution is 0.520. The molecule has 1 aromatic rings. The highest BCUT2D eigenvalue weighted by molar-refractivity contribution is 7.98. The summed E-state index contributed by atoms with van der Waals surface area (Å²) >= 11 is 1.77. The summed E-state index contributed by atoms with van der Waals surface area (Å²) in [6.45, 7) is 0.696. The van der Waals surface area contributed by atoms with E-state index in [1.165, 1.54) is 18.4 Å². The van der Waals surface area contributed by atoms with Gasteiger partial charge in [0.05, 0.1) is 4.90 Å². The third-order valence-corrected chi connectivity index (χ3v) is 5.36. The molecule has 0 unspecified atom stereocenters. The number of thioether (sulfide) groups is 1. The van der Waals surface area contributed by atoms with E-state index in [-0.39, 0.29) is 0 Å². The molecule has 18 heavy (non-hydrogen) atoms. The van der Waals surface area contributed by atoms with Gasteiger partial charge in [-0.2, -0.15) is 11.8 Å². The van der Waals surface area contributed by atoms with Gasteiger partial charge in [0.15, 0.2) is 0 Å². The molecule has 6 heteroatoms. The van der Waals surface area contributed by atoms with Gasteiger partial charge in [0.25, 0.3) is 0 Å². The lowest BCUT2D eigenvalue weighted by Gasteiger charge is -2.12. The van der Waals surface area contributed by atoms with Crippen LogP contribution in [0, 0.1) is 0 Å². The number of sulfonamides is 1. The molecule has 0 spiro atoms. The third kappa shape index (κ3) is 4.28. The lowest BCUT2D eigenvalue weighted by Crippen LogP contribution is -2.22. The summed E-state index contributed by atoms with van der Waals surface area (Å²) in [7, 11) is -0.251. The summed E-state index contributed by atoms with van der Waals surface area (Å²) in [5, 5.41) is 0. The van der Waals surface area contributed by atoms with Crippen molar-refractivity contribution in [2.45, 2.75) is 17.1 Å². The molecule has 0 saturated heterocycles. The normalized spacial score (nSPS) is 12.0. The molecule has 0 atom stereocenters. The van der Waals surface area contributed by atoms with Gasteiger partial charge in [-0.1, -0.05) is 12.1 Å². The Hall–Kier alpha value is -0.560. The molecule has 1 rings (SSSR count). The predicted octanol–water partition coefficient (Wildman–Crippen LogP) is 1.52. The first-order valence-electron chi connectivity index (χ1n) is 5.77. The van der Waals surface area contributed by atoms with E-state index >= 15 is 0 Å². The van der Waals surface area contributed by atoms with E-state index < -0.39 is 10.0 Å². The van der Waals surface area contributed by atoms with Crippen molar-refractivity contribution in [2.75, 3.05) is 26.4 Å². The molecule has 0 aliphatic heterocycles. The van der Waals surface area contributed by atoms with Crippen LogP contribution in [0.2, 0.25) is 0 Å². The second-order valence-corrected chi connectivity index (χ2v) is 7.39. The zero-order valence-corrected chi connectivity index (χ0v) is 12.4. The molecule has 0 radical (unpaired) electrons. The molecule has 0 amide bonds. The monoisotopic (exact) mass is 288 g/mol. The second kappa shape index (κ2) is 7.13. The Balaban J connectivity index is 2.74. The van der Waals surface area contributed by atoms with Crippen LogP contribution in [0.5, 0.6) is 0 Å². The van der Waals surface area contributed by atoms with Gasteiger partial charge in [-0.3, -0.25) is 0 Å². The fourth-order valence-electron chi connectivity index (χ4n) is 1.38. The molecule has 0 fully saturated rings. The smallest absolute Gasteiger partial charge is 0.242 e. The zero-order chi connectivity index (χ0) is 13.6. The maximum atomic E-state index is 12.0. The standard InChI is InChI=1S/C12H20N2O2S2/c1-14(2)18(15,16)12-6-3-5-11(9-12)10-17-8-4-7-13/h3,5-6,9H,4,7-8,10,13H2,1-2H3. The van der Waals surface area contributed by atoms with Crippen LogP contribution < -0.4 is 5.73 Å². The second-order valence-electron chi connectivity index (χ2n) is 4.13. The average molecular weight is 288 g/mol. The number of nitrogens with zero attached hydrogens (tertiary/aromatic N) is 1. The predicted molar refractivity (Wildman–Crippen MR) is 77.1 cm³/mol. The van der Waals surface area contributed by atoms with Gasteiger partial charge in [0, 0.05) is 19.8 Å². The molecule has 0 aromatic heterocycles. The largest absolute Gasteiger partial charge is 0.330 e. The Labute approximate surface area is 114 Å². The minimum atomic E-state index is -3.33. The van der Waals surface area contributed by atoms with Gasteiger partial charge in [-0.05, 0) is 36.4 Å². The van der Waals surface area contributed by atoms with Gasteiger partial charge in [-0.25, -0.2) is 12.7 Å². The Morgan fingerprint density at radius 1 is 1.33 bits per heavy atom. The molecule has 0 bridgehead atoms. The Kier molecular flexibility index (Phi) is 6.14. The van der Waals surface area contributed by atoms with Crippen LogP contribution in [0.1, 0.15) is 12.0 Å². The van der Waals surface area contributed by atoms with Crippen molar-refractivity contribution in [1.82, 2.24) is 4.31 Å². The summed E-state index contributed by atoms with van der Waals surface area (Å²) in [4.78, 5) is 0.351. The molecule has 0 aliphatic rings. The van der Waals surface area contributed by atoms with Gasteiger partial charge in [0.1, 0.15) is 0 Å². The highest BCUT2D eigenvalue weighted by Crippen LogP contribution is 2.18. The Morgan fingerprint density at radius 3 is 2.67 bits per heavy atom. The topological polar surface area (TPSA) is 63.4 Å². The number of hydrogen-bond donors (Lipinski definition) is 1. The first kappa shape index (κ1) is 15.5. The van der Waals surface area contributed by atoms with E-state index in [9.17, 15) is 8.42 Å². The van der Waals surface area contributed by atoms with Crippen LogP contribution in [0.4, 0.5) is 0 Å². The van der Waals surface area contributed by atoms with Crippen molar-refractivity contribution in [3.63, 3.8) is 0 Å². The molecule has 1 aromatic carbocycles. The summed E-state index contributed by atoms with van der Waals surface area (Å²) in [6.07, 6.45) is 0.986. The summed E-state index contributed by atoms with van der Waals surface area (Å²) in [5.41, 5.74) is 6.45. The highest BCUT2D eigenvalue weighted by atomic mass is 32.2. The van der Waals surface area contributed by atoms with Gasteiger partial charge >= 0.3 is 0 Å². The average Bonchev–Trinajstić information content (AvgIpc) is 2.35. The van der Waals surface area contributed by atoms with Crippen LogP contribution in [-0.2, 0) is 15.8 Å². The van der Waals surface area contributed by atoms with Crippen molar-refractivity contribution >= 4 is 21.8 Å².